The lowest BCUT2D eigenvalue weighted by Crippen LogP contribution is -2.48. The second-order valence-corrected chi connectivity index (χ2v) is 8.97. The smallest absolute Gasteiger partial charge is 0.271 e. The average Bonchev–Trinajstić information content (AvgIpc) is 2.94. The van der Waals surface area contributed by atoms with Crippen molar-refractivity contribution < 1.29 is 13.2 Å². The lowest BCUT2D eigenvalue weighted by Gasteiger charge is -2.35. The van der Waals surface area contributed by atoms with E-state index >= 15 is 0 Å². The first kappa shape index (κ1) is 17.3. The molecule has 6 nitrogen and oxygen atoms in total. The van der Waals surface area contributed by atoms with Gasteiger partial charge in [0.25, 0.3) is 10.0 Å². The predicted octanol–water partition coefficient (Wildman–Crippen LogP) is 2.10. The molecule has 2 aromatic rings. The Bertz CT molecular complexity index is 813. The topological polar surface area (TPSA) is 71.5 Å². The maximum atomic E-state index is 13.1. The Labute approximate surface area is 146 Å². The third kappa shape index (κ3) is 3.06. The molecule has 1 N–H and O–H groups in total. The van der Waals surface area contributed by atoms with Crippen LogP contribution < -0.4 is 10.1 Å². The molecule has 1 unspecified atom stereocenters. The molecule has 1 aromatic carbocycles. The summed E-state index contributed by atoms with van der Waals surface area (Å²) >= 11 is 1.23. The number of ether oxygens (including phenoxy) is 1. The van der Waals surface area contributed by atoms with Crippen LogP contribution in [0.4, 0.5) is 0 Å². The van der Waals surface area contributed by atoms with Gasteiger partial charge in [0.2, 0.25) is 4.34 Å². The number of hydrogen-bond donors (Lipinski definition) is 1. The van der Waals surface area contributed by atoms with Crippen LogP contribution in [0.2, 0.25) is 0 Å². The number of sulfonamides is 1. The van der Waals surface area contributed by atoms with Gasteiger partial charge >= 0.3 is 0 Å². The second kappa shape index (κ2) is 6.79. The maximum absolute atomic E-state index is 13.1. The number of aryl methyl sites for hydroxylation is 2. The molecule has 0 bridgehead atoms. The highest BCUT2D eigenvalue weighted by Crippen LogP contribution is 2.35. The van der Waals surface area contributed by atoms with Crippen molar-refractivity contribution in [2.45, 2.75) is 24.2 Å². The van der Waals surface area contributed by atoms with E-state index in [1.54, 1.807) is 11.4 Å². The molecule has 8 heteroatoms. The van der Waals surface area contributed by atoms with Crippen LogP contribution >= 0.6 is 11.3 Å². The van der Waals surface area contributed by atoms with E-state index in [-0.39, 0.29) is 10.4 Å². The van der Waals surface area contributed by atoms with E-state index in [1.165, 1.54) is 11.3 Å². The molecule has 1 fully saturated rings. The van der Waals surface area contributed by atoms with Crippen molar-refractivity contribution in [3.63, 3.8) is 0 Å². The van der Waals surface area contributed by atoms with Crippen LogP contribution in [0.15, 0.2) is 28.6 Å². The summed E-state index contributed by atoms with van der Waals surface area (Å²) in [6, 6.07) is 7.23. The molecule has 3 rings (SSSR count). The zero-order valence-corrected chi connectivity index (χ0v) is 15.6. The molecule has 24 heavy (non-hydrogen) atoms. The molecule has 0 spiro atoms. The fourth-order valence-corrected chi connectivity index (χ4v) is 5.86. The Hall–Kier alpha value is -1.48. The van der Waals surface area contributed by atoms with E-state index in [0.29, 0.717) is 25.4 Å². The number of benzene rings is 1. The highest BCUT2D eigenvalue weighted by Gasteiger charge is 2.37. The Kier molecular flexibility index (Phi) is 4.91. The van der Waals surface area contributed by atoms with Crippen LogP contribution in [0.5, 0.6) is 5.75 Å². The zero-order valence-electron chi connectivity index (χ0n) is 13.9. The molecule has 0 saturated carbocycles. The molecule has 1 aliphatic rings. The number of hydrogen-bond acceptors (Lipinski definition) is 6. The van der Waals surface area contributed by atoms with E-state index in [2.05, 4.69) is 10.3 Å². The Morgan fingerprint density at radius 1 is 1.33 bits per heavy atom. The molecule has 1 atom stereocenters. The van der Waals surface area contributed by atoms with Gasteiger partial charge in [0, 0.05) is 30.1 Å². The third-order valence-electron chi connectivity index (χ3n) is 4.23. The Morgan fingerprint density at radius 3 is 2.75 bits per heavy atom. The van der Waals surface area contributed by atoms with Crippen LogP contribution in [0.3, 0.4) is 0 Å². The molecule has 1 aliphatic heterocycles. The summed E-state index contributed by atoms with van der Waals surface area (Å²) in [6.45, 7) is 5.29. The van der Waals surface area contributed by atoms with Crippen molar-refractivity contribution in [1.29, 1.82) is 0 Å². The van der Waals surface area contributed by atoms with Gasteiger partial charge in [-0.15, -0.1) is 11.3 Å². The maximum Gasteiger partial charge on any atom is 0.271 e. The van der Waals surface area contributed by atoms with Crippen LogP contribution in [0.25, 0.3) is 0 Å². The number of nitrogens with one attached hydrogen (secondary N) is 1. The fourth-order valence-electron chi connectivity index (χ4n) is 2.83. The molecule has 1 saturated heterocycles. The summed E-state index contributed by atoms with van der Waals surface area (Å²) in [5, 5.41) is 3.28. The summed E-state index contributed by atoms with van der Waals surface area (Å²) < 4.78 is 33.4. The fraction of sp³-hybridized carbons (Fsp3) is 0.438. The number of rotatable bonds is 4. The number of nitrogens with zero attached hydrogens (tertiary/aromatic N) is 2. The summed E-state index contributed by atoms with van der Waals surface area (Å²) in [5.41, 5.74) is 1.63. The molecule has 130 valence electrons. The van der Waals surface area contributed by atoms with Crippen LogP contribution in [-0.2, 0) is 10.0 Å². The summed E-state index contributed by atoms with van der Waals surface area (Å²) in [5.74, 6) is 0.692. The van der Waals surface area contributed by atoms with Crippen molar-refractivity contribution in [3.8, 4) is 5.75 Å². The minimum atomic E-state index is -3.64. The van der Waals surface area contributed by atoms with Gasteiger partial charge in [0.15, 0.2) is 0 Å². The van der Waals surface area contributed by atoms with Gasteiger partial charge in [0.05, 0.1) is 18.8 Å². The SMILES string of the molecule is COc1ccccc1C1CNCCN1S(=O)(=O)c1nc(C)c(C)s1. The Morgan fingerprint density at radius 2 is 2.08 bits per heavy atom. The van der Waals surface area contributed by atoms with Gasteiger partial charge in [-0.1, -0.05) is 18.2 Å². The minimum absolute atomic E-state index is 0.166. The second-order valence-electron chi connectivity index (χ2n) is 5.70. The third-order valence-corrected chi connectivity index (χ3v) is 7.57. The van der Waals surface area contributed by atoms with Gasteiger partial charge in [-0.2, -0.15) is 4.31 Å². The van der Waals surface area contributed by atoms with Gasteiger partial charge in [-0.05, 0) is 19.9 Å². The predicted molar refractivity (Wildman–Crippen MR) is 94.1 cm³/mol. The van der Waals surface area contributed by atoms with Gasteiger partial charge < -0.3 is 10.1 Å². The lowest BCUT2D eigenvalue weighted by atomic mass is 10.0. The number of aromatic nitrogens is 1. The van der Waals surface area contributed by atoms with Crippen molar-refractivity contribution >= 4 is 21.4 Å². The molecular weight excluding hydrogens is 346 g/mol. The van der Waals surface area contributed by atoms with E-state index < -0.39 is 10.0 Å². The first-order chi connectivity index (χ1) is 11.4. The van der Waals surface area contributed by atoms with Crippen molar-refractivity contribution in [3.05, 3.63) is 40.4 Å². The molecule has 0 radical (unpaired) electrons. The Balaban J connectivity index is 2.03. The van der Waals surface area contributed by atoms with E-state index in [9.17, 15) is 8.42 Å². The highest BCUT2D eigenvalue weighted by atomic mass is 32.2. The van der Waals surface area contributed by atoms with Crippen LogP contribution in [0, 0.1) is 13.8 Å². The summed E-state index contributed by atoms with van der Waals surface area (Å²) in [7, 11) is -2.04. The van der Waals surface area contributed by atoms with Crippen LogP contribution in [0.1, 0.15) is 22.2 Å². The first-order valence-corrected chi connectivity index (χ1v) is 10.0. The van der Waals surface area contributed by atoms with Crippen molar-refractivity contribution in [1.82, 2.24) is 14.6 Å². The highest BCUT2D eigenvalue weighted by molar-refractivity contribution is 7.91. The monoisotopic (exact) mass is 367 g/mol. The van der Waals surface area contributed by atoms with Crippen LogP contribution in [-0.4, -0.2) is 44.5 Å². The largest absolute Gasteiger partial charge is 0.496 e. The van der Waals surface area contributed by atoms with E-state index in [1.807, 2.05) is 38.1 Å². The quantitative estimate of drug-likeness (QED) is 0.896. The number of piperazine rings is 1. The minimum Gasteiger partial charge on any atom is -0.496 e. The van der Waals surface area contributed by atoms with Crippen molar-refractivity contribution in [2.75, 3.05) is 26.7 Å². The normalized spacial score (nSPS) is 19.4. The van der Waals surface area contributed by atoms with Gasteiger partial charge in [-0.3, -0.25) is 0 Å². The number of para-hydroxylation sites is 1. The summed E-state index contributed by atoms with van der Waals surface area (Å²) in [4.78, 5) is 5.19. The zero-order chi connectivity index (χ0) is 17.3. The molecule has 0 amide bonds. The number of methoxy groups -OCH3 is 1. The van der Waals surface area contributed by atoms with Gasteiger partial charge in [-0.25, -0.2) is 13.4 Å². The van der Waals surface area contributed by atoms with Gasteiger partial charge in [0.1, 0.15) is 5.75 Å². The summed E-state index contributed by atoms with van der Waals surface area (Å²) in [6.07, 6.45) is 0. The number of thiazole rings is 1. The van der Waals surface area contributed by atoms with E-state index in [0.717, 1.165) is 16.1 Å². The standard InChI is InChI=1S/C16H21N3O3S2/c1-11-12(2)23-16(18-11)24(20,21)19-9-8-17-10-14(19)13-6-4-5-7-15(13)22-3/h4-7,14,17H,8-10H2,1-3H3. The molecular formula is C16H21N3O3S2. The average molecular weight is 367 g/mol. The van der Waals surface area contributed by atoms with Crippen molar-refractivity contribution in [2.24, 2.45) is 0 Å². The molecule has 0 aliphatic carbocycles. The first-order valence-electron chi connectivity index (χ1n) is 7.74. The van der Waals surface area contributed by atoms with E-state index in [4.69, 9.17) is 4.74 Å². The molecule has 2 heterocycles. The lowest BCUT2D eigenvalue weighted by molar-refractivity contribution is 0.264. The molecule has 1 aromatic heterocycles.